The van der Waals surface area contributed by atoms with Crippen molar-refractivity contribution in [3.63, 3.8) is 0 Å². The summed E-state index contributed by atoms with van der Waals surface area (Å²) in [5.41, 5.74) is 0. The Morgan fingerprint density at radius 3 is 2.58 bits per heavy atom. The van der Waals surface area contributed by atoms with Gasteiger partial charge >= 0.3 is 6.18 Å². The molecule has 0 spiro atoms. The smallest absolute Gasteiger partial charge is 0.389 e. The lowest BCUT2D eigenvalue weighted by Gasteiger charge is -2.39. The van der Waals surface area contributed by atoms with Gasteiger partial charge in [0.2, 0.25) is 5.91 Å². The second-order valence-corrected chi connectivity index (χ2v) is 4.34. The molecule has 1 aromatic heterocycles. The van der Waals surface area contributed by atoms with Gasteiger partial charge in [0.05, 0.1) is 19.5 Å². The van der Waals surface area contributed by atoms with Crippen molar-refractivity contribution in [2.45, 2.75) is 25.1 Å². The summed E-state index contributed by atoms with van der Waals surface area (Å²) in [7, 11) is 0. The van der Waals surface area contributed by atoms with E-state index < -0.39 is 24.9 Å². The summed E-state index contributed by atoms with van der Waals surface area (Å²) in [6, 6.07) is 3.38. The maximum absolute atomic E-state index is 12.0. The number of rotatable bonds is 4. The fourth-order valence-corrected chi connectivity index (χ4v) is 1.73. The number of nitrogens with zero attached hydrogens (tertiary/aromatic N) is 2. The Morgan fingerprint density at radius 1 is 1.37 bits per heavy atom. The highest BCUT2D eigenvalue weighted by atomic mass is 19.4. The fraction of sp³-hybridized carbons (Fsp3) is 0.500. The molecular formula is C12H13F3N2O2. The minimum atomic E-state index is -4.28. The summed E-state index contributed by atoms with van der Waals surface area (Å²) in [6.07, 6.45) is -2.84. The van der Waals surface area contributed by atoms with Gasteiger partial charge in [-0.2, -0.15) is 13.2 Å². The largest absolute Gasteiger partial charge is 0.487 e. The van der Waals surface area contributed by atoms with E-state index in [0.717, 1.165) is 0 Å². The molecule has 0 radical (unpaired) electrons. The lowest BCUT2D eigenvalue weighted by Crippen LogP contribution is -2.56. The number of amides is 1. The Balaban J connectivity index is 1.70. The van der Waals surface area contributed by atoms with Crippen LogP contribution in [0.25, 0.3) is 0 Å². The molecule has 0 aliphatic carbocycles. The highest BCUT2D eigenvalue weighted by molar-refractivity contribution is 5.77. The van der Waals surface area contributed by atoms with Crippen LogP contribution in [0.2, 0.25) is 0 Å². The second kappa shape index (κ2) is 5.46. The van der Waals surface area contributed by atoms with Crippen LogP contribution in [0.1, 0.15) is 12.8 Å². The van der Waals surface area contributed by atoms with Crippen LogP contribution in [0.15, 0.2) is 24.5 Å². The zero-order valence-electron chi connectivity index (χ0n) is 10.1. The molecule has 2 heterocycles. The van der Waals surface area contributed by atoms with E-state index in [2.05, 4.69) is 4.98 Å². The number of carbonyl (C=O) groups is 1. The normalized spacial score (nSPS) is 16.1. The van der Waals surface area contributed by atoms with Crippen LogP contribution in [0.4, 0.5) is 13.2 Å². The average molecular weight is 274 g/mol. The van der Waals surface area contributed by atoms with Gasteiger partial charge in [-0.3, -0.25) is 9.78 Å². The van der Waals surface area contributed by atoms with Gasteiger partial charge in [-0.15, -0.1) is 0 Å². The second-order valence-electron chi connectivity index (χ2n) is 4.34. The topological polar surface area (TPSA) is 42.4 Å². The highest BCUT2D eigenvalue weighted by Crippen LogP contribution is 2.23. The molecule has 19 heavy (non-hydrogen) atoms. The number of alkyl halides is 3. The van der Waals surface area contributed by atoms with E-state index in [1.807, 2.05) is 0 Å². The molecule has 0 saturated carbocycles. The van der Waals surface area contributed by atoms with E-state index in [9.17, 15) is 18.0 Å². The summed E-state index contributed by atoms with van der Waals surface area (Å²) in [6.45, 7) is 0.665. The molecule has 0 aromatic carbocycles. The molecule has 1 fully saturated rings. The minimum absolute atomic E-state index is 0.155. The molecule has 2 rings (SSSR count). The van der Waals surface area contributed by atoms with Gasteiger partial charge in [0.15, 0.2) is 0 Å². The Kier molecular flexibility index (Phi) is 3.92. The van der Waals surface area contributed by atoms with E-state index in [4.69, 9.17) is 4.74 Å². The van der Waals surface area contributed by atoms with Crippen LogP contribution < -0.4 is 4.74 Å². The van der Waals surface area contributed by atoms with E-state index >= 15 is 0 Å². The zero-order valence-corrected chi connectivity index (χ0v) is 10.1. The van der Waals surface area contributed by atoms with Crippen LogP contribution in [0, 0.1) is 0 Å². The number of carbonyl (C=O) groups excluding carboxylic acids is 1. The first-order valence-corrected chi connectivity index (χ1v) is 5.85. The van der Waals surface area contributed by atoms with E-state index in [0.29, 0.717) is 18.8 Å². The molecule has 104 valence electrons. The van der Waals surface area contributed by atoms with Gasteiger partial charge in [0.1, 0.15) is 11.9 Å². The molecule has 0 unspecified atom stereocenters. The molecule has 1 aromatic rings. The monoisotopic (exact) mass is 274 g/mol. The van der Waals surface area contributed by atoms with E-state index in [1.54, 1.807) is 24.5 Å². The Labute approximate surface area is 108 Å². The predicted octanol–water partition coefficient (Wildman–Crippen LogP) is 2.01. The molecule has 1 aliphatic rings. The SMILES string of the molecule is O=C(CCC(F)(F)F)N1CC(Oc2ccncc2)C1. The first-order valence-electron chi connectivity index (χ1n) is 5.85. The maximum atomic E-state index is 12.0. The van der Waals surface area contributed by atoms with Crippen molar-refractivity contribution < 1.29 is 22.7 Å². The number of halogens is 3. The Morgan fingerprint density at radius 2 is 2.00 bits per heavy atom. The first-order chi connectivity index (χ1) is 8.94. The molecule has 1 saturated heterocycles. The highest BCUT2D eigenvalue weighted by Gasteiger charge is 2.34. The van der Waals surface area contributed by atoms with Gasteiger partial charge in [-0.05, 0) is 12.1 Å². The predicted molar refractivity (Wildman–Crippen MR) is 60.5 cm³/mol. The van der Waals surface area contributed by atoms with Crippen molar-refractivity contribution in [3.8, 4) is 5.75 Å². The molecule has 4 nitrogen and oxygen atoms in total. The number of pyridine rings is 1. The number of hydrogen-bond donors (Lipinski definition) is 0. The third-order valence-electron chi connectivity index (χ3n) is 2.78. The lowest BCUT2D eigenvalue weighted by atomic mass is 10.1. The average Bonchev–Trinajstić information content (AvgIpc) is 2.31. The minimum Gasteiger partial charge on any atom is -0.487 e. The van der Waals surface area contributed by atoms with Crippen molar-refractivity contribution in [1.29, 1.82) is 0 Å². The van der Waals surface area contributed by atoms with Crippen LogP contribution in [0.3, 0.4) is 0 Å². The van der Waals surface area contributed by atoms with Crippen LogP contribution in [-0.2, 0) is 4.79 Å². The Bertz CT molecular complexity index is 430. The van der Waals surface area contributed by atoms with Crippen molar-refractivity contribution in [2.75, 3.05) is 13.1 Å². The molecule has 1 amide bonds. The van der Waals surface area contributed by atoms with Crippen molar-refractivity contribution >= 4 is 5.91 Å². The lowest BCUT2D eigenvalue weighted by molar-refractivity contribution is -0.154. The van der Waals surface area contributed by atoms with Crippen molar-refractivity contribution in [3.05, 3.63) is 24.5 Å². The van der Waals surface area contributed by atoms with Crippen LogP contribution in [0.5, 0.6) is 5.75 Å². The molecular weight excluding hydrogens is 261 g/mol. The van der Waals surface area contributed by atoms with Gasteiger partial charge in [0, 0.05) is 18.8 Å². The van der Waals surface area contributed by atoms with E-state index in [-0.39, 0.29) is 6.10 Å². The zero-order chi connectivity index (χ0) is 13.9. The summed E-state index contributed by atoms with van der Waals surface area (Å²) in [5, 5.41) is 0. The number of hydrogen-bond acceptors (Lipinski definition) is 3. The third kappa shape index (κ3) is 4.11. The van der Waals surface area contributed by atoms with Crippen molar-refractivity contribution in [2.24, 2.45) is 0 Å². The molecule has 1 aliphatic heterocycles. The van der Waals surface area contributed by atoms with Crippen LogP contribution in [-0.4, -0.2) is 41.2 Å². The molecule has 0 atom stereocenters. The summed E-state index contributed by atoms with van der Waals surface area (Å²) in [5.74, 6) is 0.161. The standard InChI is InChI=1S/C12H13F3N2O2/c13-12(14,15)4-1-11(18)17-7-10(8-17)19-9-2-5-16-6-3-9/h2-3,5-6,10H,1,4,7-8H2. The maximum Gasteiger partial charge on any atom is 0.389 e. The number of likely N-dealkylation sites (tertiary alicyclic amines) is 1. The summed E-state index contributed by atoms with van der Waals surface area (Å²) >= 11 is 0. The van der Waals surface area contributed by atoms with Gasteiger partial charge in [-0.25, -0.2) is 0 Å². The number of aromatic nitrogens is 1. The van der Waals surface area contributed by atoms with Gasteiger partial charge in [0.25, 0.3) is 0 Å². The van der Waals surface area contributed by atoms with E-state index in [1.165, 1.54) is 4.90 Å². The van der Waals surface area contributed by atoms with Gasteiger partial charge in [-0.1, -0.05) is 0 Å². The van der Waals surface area contributed by atoms with Crippen molar-refractivity contribution in [1.82, 2.24) is 9.88 Å². The molecule has 0 N–H and O–H groups in total. The Hall–Kier alpha value is -1.79. The fourth-order valence-electron chi connectivity index (χ4n) is 1.73. The van der Waals surface area contributed by atoms with Gasteiger partial charge < -0.3 is 9.64 Å². The number of ether oxygens (including phenoxy) is 1. The third-order valence-corrected chi connectivity index (χ3v) is 2.78. The first kappa shape index (κ1) is 13.6. The van der Waals surface area contributed by atoms with Crippen LogP contribution >= 0.6 is 0 Å². The molecule has 0 bridgehead atoms. The molecule has 7 heteroatoms. The quantitative estimate of drug-likeness (QED) is 0.843. The summed E-state index contributed by atoms with van der Waals surface area (Å²) in [4.78, 5) is 16.6. The summed E-state index contributed by atoms with van der Waals surface area (Å²) < 4.78 is 41.4.